The number of nitrogens with zero attached hydrogens (tertiary/aromatic N) is 6. The summed E-state index contributed by atoms with van der Waals surface area (Å²) >= 11 is 0. The molecule has 0 spiro atoms. The molecule has 5 rings (SSSR count). The number of carbonyl (C=O) groups excluding carboxylic acids is 1. The number of carbonyl (C=O) groups is 1. The third-order valence-corrected chi connectivity index (χ3v) is 5.45. The lowest BCUT2D eigenvalue weighted by Gasteiger charge is -2.15. The Kier molecular flexibility index (Phi) is 5.43. The molecule has 168 valence electrons. The molecule has 0 unspecified atom stereocenters. The highest BCUT2D eigenvalue weighted by Crippen LogP contribution is 2.31. The molecule has 9 heteroatoms. The van der Waals surface area contributed by atoms with Gasteiger partial charge in [0.15, 0.2) is 11.5 Å². The minimum atomic E-state index is -0.431. The van der Waals surface area contributed by atoms with Gasteiger partial charge in [0.05, 0.1) is 22.9 Å². The Morgan fingerprint density at radius 2 is 1.85 bits per heavy atom. The zero-order valence-corrected chi connectivity index (χ0v) is 18.7. The average Bonchev–Trinajstić information content (AvgIpc) is 3.30. The Labute approximate surface area is 195 Å². The summed E-state index contributed by atoms with van der Waals surface area (Å²) in [7, 11) is 1.82. The predicted molar refractivity (Wildman–Crippen MR) is 130 cm³/mol. The minimum Gasteiger partial charge on any atom is -0.382 e. The van der Waals surface area contributed by atoms with Gasteiger partial charge in [0.25, 0.3) is 5.91 Å². The molecule has 0 saturated heterocycles. The fraction of sp³-hybridized carbons (Fsp3) is 0.120. The number of rotatable bonds is 5. The Bertz CT molecular complexity index is 1500. The first-order chi connectivity index (χ1) is 16.5. The second kappa shape index (κ2) is 8.70. The van der Waals surface area contributed by atoms with E-state index in [1.54, 1.807) is 17.1 Å². The maximum atomic E-state index is 13.1. The van der Waals surface area contributed by atoms with E-state index in [2.05, 4.69) is 25.4 Å². The summed E-state index contributed by atoms with van der Waals surface area (Å²) in [4.78, 5) is 31.1. The van der Waals surface area contributed by atoms with Crippen molar-refractivity contribution in [2.45, 2.75) is 13.0 Å². The highest BCUT2D eigenvalue weighted by atomic mass is 16.2. The van der Waals surface area contributed by atoms with Gasteiger partial charge in [-0.15, -0.1) is 0 Å². The Morgan fingerprint density at radius 3 is 2.62 bits per heavy atom. The molecule has 0 radical (unpaired) electrons. The predicted octanol–water partition coefficient (Wildman–Crippen LogP) is 3.56. The van der Waals surface area contributed by atoms with Crippen molar-refractivity contribution in [1.29, 1.82) is 0 Å². The number of fused-ring (bicyclic) bond motifs is 1. The molecule has 34 heavy (non-hydrogen) atoms. The SMILES string of the molecule is C[C@H](NC(=O)c1nc(-c2ccc3ncccc3c2)c(-c2ccn(C)n2)nc1N)c1ccccn1. The standard InChI is InChI=1S/C25H22N8O/c1-15(18-7-3-4-11-27-18)29-25(34)23-24(26)31-22(20-10-13-33(2)32-20)21(30-23)17-8-9-19-16(14-17)6-5-12-28-19/h3-15H,1-2H3,(H2,26,31)(H,29,34)/t15-/m0/s1. The van der Waals surface area contributed by atoms with Crippen LogP contribution in [0.1, 0.15) is 29.1 Å². The van der Waals surface area contributed by atoms with Crippen LogP contribution < -0.4 is 11.1 Å². The van der Waals surface area contributed by atoms with Gasteiger partial charge < -0.3 is 11.1 Å². The van der Waals surface area contributed by atoms with E-state index >= 15 is 0 Å². The Balaban J connectivity index is 1.60. The molecule has 5 aromatic rings. The van der Waals surface area contributed by atoms with Crippen LogP contribution in [-0.4, -0.2) is 35.6 Å². The van der Waals surface area contributed by atoms with E-state index in [0.717, 1.165) is 22.2 Å². The van der Waals surface area contributed by atoms with Gasteiger partial charge in [-0.1, -0.05) is 18.2 Å². The molecule has 1 atom stereocenters. The molecule has 4 heterocycles. The van der Waals surface area contributed by atoms with Crippen molar-refractivity contribution < 1.29 is 4.79 Å². The van der Waals surface area contributed by atoms with Crippen molar-refractivity contribution in [2.24, 2.45) is 7.05 Å². The molecular formula is C25H22N8O. The smallest absolute Gasteiger partial charge is 0.274 e. The van der Waals surface area contributed by atoms with E-state index in [0.29, 0.717) is 17.1 Å². The summed E-state index contributed by atoms with van der Waals surface area (Å²) in [6, 6.07) is 16.7. The third-order valence-electron chi connectivity index (χ3n) is 5.45. The molecule has 3 N–H and O–H groups in total. The minimum absolute atomic E-state index is 0.0255. The molecule has 1 amide bonds. The number of aryl methyl sites for hydroxylation is 1. The molecule has 0 saturated carbocycles. The van der Waals surface area contributed by atoms with Gasteiger partial charge in [-0.25, -0.2) is 9.97 Å². The van der Waals surface area contributed by atoms with Crippen LogP contribution >= 0.6 is 0 Å². The van der Waals surface area contributed by atoms with E-state index in [4.69, 9.17) is 10.7 Å². The quantitative estimate of drug-likeness (QED) is 0.419. The summed E-state index contributed by atoms with van der Waals surface area (Å²) in [5.41, 5.74) is 10.2. The van der Waals surface area contributed by atoms with E-state index in [1.807, 2.05) is 74.8 Å². The average molecular weight is 451 g/mol. The molecule has 9 nitrogen and oxygen atoms in total. The van der Waals surface area contributed by atoms with Crippen LogP contribution in [0.3, 0.4) is 0 Å². The maximum Gasteiger partial charge on any atom is 0.274 e. The van der Waals surface area contributed by atoms with Crippen molar-refractivity contribution >= 4 is 22.6 Å². The lowest BCUT2D eigenvalue weighted by atomic mass is 10.0. The zero-order valence-electron chi connectivity index (χ0n) is 18.7. The number of hydrogen-bond acceptors (Lipinski definition) is 7. The number of hydrogen-bond donors (Lipinski definition) is 2. The highest BCUT2D eigenvalue weighted by molar-refractivity contribution is 5.98. The summed E-state index contributed by atoms with van der Waals surface area (Å²) < 4.78 is 1.68. The first-order valence-electron chi connectivity index (χ1n) is 10.7. The van der Waals surface area contributed by atoms with E-state index in [9.17, 15) is 4.79 Å². The molecule has 0 fully saturated rings. The Hall–Kier alpha value is -4.66. The molecule has 1 aromatic carbocycles. The maximum absolute atomic E-state index is 13.1. The fourth-order valence-corrected chi connectivity index (χ4v) is 3.73. The van der Waals surface area contributed by atoms with Crippen molar-refractivity contribution in [1.82, 2.24) is 35.0 Å². The van der Waals surface area contributed by atoms with Crippen LogP contribution in [0, 0.1) is 0 Å². The van der Waals surface area contributed by atoms with Crippen molar-refractivity contribution in [3.05, 3.63) is 84.6 Å². The summed E-state index contributed by atoms with van der Waals surface area (Å²) in [5.74, 6) is -0.406. The lowest BCUT2D eigenvalue weighted by molar-refractivity contribution is 0.0935. The first-order valence-corrected chi connectivity index (χ1v) is 10.7. The fourth-order valence-electron chi connectivity index (χ4n) is 3.73. The van der Waals surface area contributed by atoms with Gasteiger partial charge in [-0.2, -0.15) is 5.10 Å². The number of nitrogens with one attached hydrogen (secondary N) is 1. The van der Waals surface area contributed by atoms with Crippen molar-refractivity contribution in [3.8, 4) is 22.6 Å². The van der Waals surface area contributed by atoms with Crippen LogP contribution in [0.2, 0.25) is 0 Å². The van der Waals surface area contributed by atoms with Crippen LogP contribution in [0.25, 0.3) is 33.5 Å². The second-order valence-electron chi connectivity index (χ2n) is 7.89. The number of nitrogen functional groups attached to an aromatic ring is 1. The number of benzene rings is 1. The molecule has 0 bridgehead atoms. The van der Waals surface area contributed by atoms with Crippen LogP contribution in [0.5, 0.6) is 0 Å². The monoisotopic (exact) mass is 450 g/mol. The molecule has 0 aliphatic carbocycles. The molecular weight excluding hydrogens is 428 g/mol. The van der Waals surface area contributed by atoms with Gasteiger partial charge in [0.2, 0.25) is 0 Å². The highest BCUT2D eigenvalue weighted by Gasteiger charge is 2.22. The lowest BCUT2D eigenvalue weighted by Crippen LogP contribution is -2.29. The largest absolute Gasteiger partial charge is 0.382 e. The molecule has 4 aromatic heterocycles. The van der Waals surface area contributed by atoms with Gasteiger partial charge in [-0.05, 0) is 43.3 Å². The summed E-state index contributed by atoms with van der Waals surface area (Å²) in [6.07, 6.45) is 5.24. The number of pyridine rings is 2. The van der Waals surface area contributed by atoms with Gasteiger partial charge in [-0.3, -0.25) is 19.4 Å². The van der Waals surface area contributed by atoms with Gasteiger partial charge in [0, 0.05) is 36.6 Å². The van der Waals surface area contributed by atoms with Crippen molar-refractivity contribution in [2.75, 3.05) is 5.73 Å². The number of amides is 1. The number of nitrogens with two attached hydrogens (primary N) is 1. The normalized spacial score (nSPS) is 11.9. The second-order valence-corrected chi connectivity index (χ2v) is 7.89. The zero-order chi connectivity index (χ0) is 23.7. The van der Waals surface area contributed by atoms with E-state index in [1.165, 1.54) is 0 Å². The first kappa shape index (κ1) is 21.2. The van der Waals surface area contributed by atoms with Gasteiger partial charge in [0.1, 0.15) is 11.4 Å². The Morgan fingerprint density at radius 1 is 1.00 bits per heavy atom. The summed E-state index contributed by atoms with van der Waals surface area (Å²) in [5, 5.41) is 8.33. The summed E-state index contributed by atoms with van der Waals surface area (Å²) in [6.45, 7) is 1.85. The van der Waals surface area contributed by atoms with Crippen LogP contribution in [0.4, 0.5) is 5.82 Å². The van der Waals surface area contributed by atoms with Crippen LogP contribution in [-0.2, 0) is 7.05 Å². The molecule has 0 aliphatic rings. The van der Waals surface area contributed by atoms with Crippen LogP contribution in [0.15, 0.2) is 73.2 Å². The van der Waals surface area contributed by atoms with Gasteiger partial charge >= 0.3 is 0 Å². The van der Waals surface area contributed by atoms with Crippen molar-refractivity contribution in [3.63, 3.8) is 0 Å². The number of aromatic nitrogens is 6. The molecule has 0 aliphatic heterocycles. The van der Waals surface area contributed by atoms with E-state index < -0.39 is 5.91 Å². The topological polar surface area (TPSA) is 124 Å². The van der Waals surface area contributed by atoms with E-state index in [-0.39, 0.29) is 17.6 Å². The third kappa shape index (κ3) is 4.06. The number of anilines is 1.